The van der Waals surface area contributed by atoms with Crippen LogP contribution in [0.4, 0.5) is 16.2 Å². The molecule has 0 aromatic heterocycles. The van der Waals surface area contributed by atoms with E-state index in [1.54, 1.807) is 4.90 Å². The van der Waals surface area contributed by atoms with E-state index in [0.29, 0.717) is 30.3 Å². The Labute approximate surface area is 201 Å². The van der Waals surface area contributed by atoms with Gasteiger partial charge in [0.15, 0.2) is 9.36 Å². The van der Waals surface area contributed by atoms with Crippen molar-refractivity contribution in [3.63, 3.8) is 0 Å². The molecule has 0 radical (unpaired) electrons. The molecule has 6 nitrogen and oxygen atoms in total. The second kappa shape index (κ2) is 9.60. The number of nitrogens with zero attached hydrogens (tertiary/aromatic N) is 2. The first-order chi connectivity index (χ1) is 15.4. The maximum Gasteiger partial charge on any atom is 0.415 e. The van der Waals surface area contributed by atoms with Crippen LogP contribution in [-0.4, -0.2) is 28.6 Å². The van der Waals surface area contributed by atoms with Crippen LogP contribution in [0.15, 0.2) is 84.0 Å². The quantitative estimate of drug-likeness (QED) is 0.185. The van der Waals surface area contributed by atoms with Crippen molar-refractivity contribution in [2.45, 2.75) is 17.5 Å². The topological polar surface area (TPSA) is 63.2 Å². The first kappa shape index (κ1) is 22.1. The van der Waals surface area contributed by atoms with Gasteiger partial charge in [-0.25, -0.2) is 4.79 Å². The molecule has 1 N–H and O–H groups in total. The number of amides is 1. The Kier molecular flexibility index (Phi) is 6.64. The van der Waals surface area contributed by atoms with Crippen LogP contribution < -0.4 is 15.1 Å². The number of nitrogens with one attached hydrogen (secondary N) is 1. The molecule has 0 spiro atoms. The summed E-state index contributed by atoms with van der Waals surface area (Å²) in [7, 11) is 0. The molecule has 0 aliphatic carbocycles. The van der Waals surface area contributed by atoms with Gasteiger partial charge < -0.3 is 9.47 Å². The van der Waals surface area contributed by atoms with E-state index in [4.69, 9.17) is 14.6 Å². The van der Waals surface area contributed by atoms with Crippen molar-refractivity contribution in [2.24, 2.45) is 5.10 Å². The third-order valence-corrected chi connectivity index (χ3v) is 5.00. The zero-order valence-corrected chi connectivity index (χ0v) is 20.1. The van der Waals surface area contributed by atoms with E-state index in [9.17, 15) is 4.79 Å². The van der Waals surface area contributed by atoms with Gasteiger partial charge in [-0.15, -0.1) is 0 Å². The van der Waals surface area contributed by atoms with Gasteiger partial charge in [-0.3, -0.25) is 10.3 Å². The van der Waals surface area contributed by atoms with Crippen LogP contribution in [0.5, 0.6) is 5.75 Å². The van der Waals surface area contributed by atoms with Gasteiger partial charge in [0, 0.05) is 11.1 Å². The largest absolute Gasteiger partial charge is 0.487 e. The SMILES string of the molecule is CC(C)(I)OC(=O)N1CCOc2c(NN=C(c3ccccc3)c3ccccc3)cccc21. The number of fused-ring (bicyclic) bond motifs is 1. The lowest BCUT2D eigenvalue weighted by Gasteiger charge is -2.31. The van der Waals surface area contributed by atoms with Crippen LogP contribution in [0.3, 0.4) is 0 Å². The summed E-state index contributed by atoms with van der Waals surface area (Å²) < 4.78 is 10.9. The number of hydrogen-bond acceptors (Lipinski definition) is 5. The Bertz CT molecular complexity index is 1070. The molecule has 1 heterocycles. The number of carbonyl (C=O) groups is 1. The summed E-state index contributed by atoms with van der Waals surface area (Å²) in [4.78, 5) is 14.3. The van der Waals surface area contributed by atoms with Gasteiger partial charge in [-0.2, -0.15) is 5.10 Å². The van der Waals surface area contributed by atoms with Crippen molar-refractivity contribution in [3.8, 4) is 5.75 Å². The fourth-order valence-corrected chi connectivity index (χ4v) is 3.58. The van der Waals surface area contributed by atoms with Crippen molar-refractivity contribution in [1.29, 1.82) is 0 Å². The number of rotatable bonds is 5. The van der Waals surface area contributed by atoms with Crippen LogP contribution in [0.1, 0.15) is 25.0 Å². The van der Waals surface area contributed by atoms with Gasteiger partial charge in [0.05, 0.1) is 17.9 Å². The van der Waals surface area contributed by atoms with Crippen LogP contribution in [0.25, 0.3) is 0 Å². The number of hydrazone groups is 1. The summed E-state index contributed by atoms with van der Waals surface area (Å²) >= 11 is 2.09. The maximum absolute atomic E-state index is 12.7. The number of anilines is 2. The zero-order chi connectivity index (χ0) is 22.6. The van der Waals surface area contributed by atoms with Gasteiger partial charge in [0.2, 0.25) is 0 Å². The third-order valence-electron chi connectivity index (χ3n) is 4.78. The lowest BCUT2D eigenvalue weighted by molar-refractivity contribution is 0.111. The van der Waals surface area contributed by atoms with Crippen molar-refractivity contribution >= 4 is 45.8 Å². The Hall–Kier alpha value is -3.07. The molecule has 32 heavy (non-hydrogen) atoms. The third kappa shape index (κ3) is 5.21. The minimum absolute atomic E-state index is 0.371. The van der Waals surface area contributed by atoms with Crippen molar-refractivity contribution < 1.29 is 14.3 Å². The number of ether oxygens (including phenoxy) is 2. The predicted molar refractivity (Wildman–Crippen MR) is 136 cm³/mol. The Morgan fingerprint density at radius 2 is 1.62 bits per heavy atom. The van der Waals surface area contributed by atoms with Gasteiger partial charge in [0.1, 0.15) is 12.3 Å². The second-order valence-corrected chi connectivity index (χ2v) is 10.3. The molecule has 7 heteroatoms. The van der Waals surface area contributed by atoms with Crippen molar-refractivity contribution in [1.82, 2.24) is 0 Å². The standard InChI is InChI=1S/C25H24IN3O3/c1-25(2,26)32-24(30)29-16-17-31-23-20(14-9-15-21(23)29)27-28-22(18-10-5-3-6-11-18)19-12-7-4-8-13-19/h3-15,27H,16-17H2,1-2H3. The molecule has 0 fully saturated rings. The van der Waals surface area contributed by atoms with E-state index in [2.05, 4.69) is 28.0 Å². The monoisotopic (exact) mass is 541 g/mol. The summed E-state index contributed by atoms with van der Waals surface area (Å²) in [5.41, 5.74) is 7.29. The van der Waals surface area contributed by atoms with Crippen molar-refractivity contribution in [3.05, 3.63) is 90.0 Å². The number of halogens is 1. The molecule has 0 atom stereocenters. The van der Waals surface area contributed by atoms with E-state index in [1.807, 2.05) is 92.7 Å². The van der Waals surface area contributed by atoms with E-state index in [1.165, 1.54) is 0 Å². The van der Waals surface area contributed by atoms with Gasteiger partial charge in [-0.05, 0) is 48.6 Å². The molecule has 1 aliphatic heterocycles. The summed E-state index contributed by atoms with van der Waals surface area (Å²) in [6.45, 7) is 4.48. The summed E-state index contributed by atoms with van der Waals surface area (Å²) in [6.07, 6.45) is -0.399. The number of benzene rings is 3. The Balaban J connectivity index is 1.67. The molecule has 4 rings (SSSR count). The maximum atomic E-state index is 12.7. The molecule has 3 aromatic carbocycles. The number of para-hydroxylation sites is 1. The van der Waals surface area contributed by atoms with Gasteiger partial charge in [-0.1, -0.05) is 66.7 Å². The molecule has 0 saturated heterocycles. The number of hydrogen-bond donors (Lipinski definition) is 1. The first-order valence-electron chi connectivity index (χ1n) is 10.3. The molecule has 1 aliphatic rings. The van der Waals surface area contributed by atoms with Crippen LogP contribution in [0.2, 0.25) is 0 Å². The highest BCUT2D eigenvalue weighted by atomic mass is 127. The van der Waals surface area contributed by atoms with Crippen LogP contribution in [0, 0.1) is 0 Å². The highest BCUT2D eigenvalue weighted by Crippen LogP contribution is 2.39. The smallest absolute Gasteiger partial charge is 0.415 e. The molecule has 0 unspecified atom stereocenters. The van der Waals surface area contributed by atoms with E-state index in [0.717, 1.165) is 16.8 Å². The highest BCUT2D eigenvalue weighted by molar-refractivity contribution is 14.1. The average Bonchev–Trinajstić information content (AvgIpc) is 2.79. The normalized spacial score (nSPS) is 12.9. The molecule has 164 valence electrons. The molecule has 0 bridgehead atoms. The Morgan fingerprint density at radius 3 is 2.22 bits per heavy atom. The first-order valence-corrected chi connectivity index (χ1v) is 11.4. The summed E-state index contributed by atoms with van der Waals surface area (Å²) in [5.74, 6) is 0.575. The van der Waals surface area contributed by atoms with E-state index >= 15 is 0 Å². The van der Waals surface area contributed by atoms with E-state index in [-0.39, 0.29) is 0 Å². The van der Waals surface area contributed by atoms with Crippen LogP contribution in [-0.2, 0) is 4.74 Å². The molecular weight excluding hydrogens is 517 g/mol. The number of alkyl halides is 1. The lowest BCUT2D eigenvalue weighted by Crippen LogP contribution is -2.40. The number of carbonyl (C=O) groups excluding carboxylic acids is 1. The highest BCUT2D eigenvalue weighted by Gasteiger charge is 2.30. The molecule has 0 saturated carbocycles. The zero-order valence-electron chi connectivity index (χ0n) is 17.9. The predicted octanol–water partition coefficient (Wildman–Crippen LogP) is 6.06. The van der Waals surface area contributed by atoms with Crippen molar-refractivity contribution in [2.75, 3.05) is 23.5 Å². The molecule has 3 aromatic rings. The fourth-order valence-electron chi connectivity index (χ4n) is 3.39. The van der Waals surface area contributed by atoms with Gasteiger partial charge >= 0.3 is 6.09 Å². The fraction of sp³-hybridized carbons (Fsp3) is 0.200. The average molecular weight is 541 g/mol. The summed E-state index contributed by atoms with van der Waals surface area (Å²) in [5, 5.41) is 4.72. The van der Waals surface area contributed by atoms with Gasteiger partial charge in [0.25, 0.3) is 0 Å². The minimum atomic E-state index is -0.603. The lowest BCUT2D eigenvalue weighted by atomic mass is 10.0. The molecular formula is C25H24IN3O3. The van der Waals surface area contributed by atoms with Crippen LogP contribution >= 0.6 is 22.6 Å². The minimum Gasteiger partial charge on any atom is -0.487 e. The Morgan fingerprint density at radius 1 is 1.00 bits per heavy atom. The molecule has 1 amide bonds. The van der Waals surface area contributed by atoms with E-state index < -0.39 is 9.70 Å². The second-order valence-electron chi connectivity index (χ2n) is 7.69. The summed E-state index contributed by atoms with van der Waals surface area (Å²) in [6, 6.07) is 25.6.